The van der Waals surface area contributed by atoms with Crippen molar-refractivity contribution in [2.45, 2.75) is 0 Å². The number of aryl methyl sites for hydroxylation is 1. The molecule has 0 aromatic carbocycles. The predicted molar refractivity (Wildman–Crippen MR) is 39.3 cm³/mol. The van der Waals surface area contributed by atoms with Gasteiger partial charge in [-0.3, -0.25) is 0 Å². The van der Waals surface area contributed by atoms with Crippen LogP contribution in [0.25, 0.3) is 0 Å². The Bertz CT molecular complexity index is 339. The summed E-state index contributed by atoms with van der Waals surface area (Å²) in [5.41, 5.74) is -0.0534. The number of hydrogen-bond acceptors (Lipinski definition) is 2. The molecule has 0 fully saturated rings. The highest BCUT2D eigenvalue weighted by atomic mass is 16.4. The number of aromatic nitrogens is 1. The Morgan fingerprint density at radius 1 is 1.33 bits per heavy atom. The lowest BCUT2D eigenvalue weighted by Crippen LogP contribution is -2.02. The zero-order chi connectivity index (χ0) is 9.30. The zero-order valence-electron chi connectivity index (χ0n) is 6.31. The molecule has 0 saturated carbocycles. The molecule has 0 atom stereocenters. The third-order valence-corrected chi connectivity index (χ3v) is 1.47. The molecule has 1 aromatic rings. The topological polar surface area (TPSA) is 79.5 Å². The molecule has 0 spiro atoms. The third kappa shape index (κ3) is 1.29. The van der Waals surface area contributed by atoms with E-state index in [4.69, 9.17) is 10.2 Å². The summed E-state index contributed by atoms with van der Waals surface area (Å²) in [5.74, 6) is -2.26. The minimum absolute atomic E-state index is 0.0186. The molecule has 5 nitrogen and oxygen atoms in total. The summed E-state index contributed by atoms with van der Waals surface area (Å²) in [6.07, 6.45) is 1.26. The van der Waals surface area contributed by atoms with E-state index in [9.17, 15) is 9.59 Å². The zero-order valence-corrected chi connectivity index (χ0v) is 6.31. The summed E-state index contributed by atoms with van der Waals surface area (Å²) in [7, 11) is 1.48. The van der Waals surface area contributed by atoms with Gasteiger partial charge in [-0.05, 0) is 6.07 Å². The number of carbonyl (C=O) groups is 2. The molecule has 0 aliphatic carbocycles. The van der Waals surface area contributed by atoms with Crippen LogP contribution in [0.4, 0.5) is 0 Å². The van der Waals surface area contributed by atoms with Gasteiger partial charge in [0, 0.05) is 13.2 Å². The molecule has 1 aromatic heterocycles. The number of nitrogens with zero attached hydrogens (tertiary/aromatic N) is 1. The maximum Gasteiger partial charge on any atom is 0.352 e. The Balaban J connectivity index is 3.17. The number of aromatic carboxylic acids is 2. The van der Waals surface area contributed by atoms with Crippen molar-refractivity contribution >= 4 is 11.9 Å². The molecular weight excluding hydrogens is 162 g/mol. The van der Waals surface area contributed by atoms with E-state index in [1.165, 1.54) is 17.8 Å². The lowest BCUT2D eigenvalue weighted by atomic mass is 10.3. The predicted octanol–water partition coefficient (Wildman–Crippen LogP) is 0.421. The Morgan fingerprint density at radius 2 is 1.92 bits per heavy atom. The van der Waals surface area contributed by atoms with Crippen LogP contribution in [0, 0.1) is 0 Å². The SMILES string of the molecule is Cn1cc(C(=O)O)cc1C(=O)O. The molecule has 0 saturated heterocycles. The average molecular weight is 169 g/mol. The Labute approximate surface area is 67.9 Å². The van der Waals surface area contributed by atoms with Crippen molar-refractivity contribution in [2.24, 2.45) is 7.05 Å². The largest absolute Gasteiger partial charge is 0.478 e. The molecule has 1 heterocycles. The first kappa shape index (κ1) is 8.32. The average Bonchev–Trinajstić information content (AvgIpc) is 2.30. The van der Waals surface area contributed by atoms with E-state index in [0.29, 0.717) is 0 Å². The van der Waals surface area contributed by atoms with Crippen LogP contribution in [0.2, 0.25) is 0 Å². The van der Waals surface area contributed by atoms with Gasteiger partial charge in [-0.1, -0.05) is 0 Å². The second kappa shape index (κ2) is 2.69. The summed E-state index contributed by atoms with van der Waals surface area (Å²) < 4.78 is 1.26. The Hall–Kier alpha value is -1.78. The lowest BCUT2D eigenvalue weighted by molar-refractivity contribution is 0.0683. The maximum atomic E-state index is 10.4. The molecule has 0 aliphatic rings. The minimum atomic E-state index is -1.13. The van der Waals surface area contributed by atoms with Crippen LogP contribution in [0.1, 0.15) is 20.8 Å². The van der Waals surface area contributed by atoms with Crippen molar-refractivity contribution in [1.29, 1.82) is 0 Å². The van der Waals surface area contributed by atoms with Gasteiger partial charge in [-0.25, -0.2) is 9.59 Å². The first-order valence-corrected chi connectivity index (χ1v) is 3.15. The summed E-state index contributed by atoms with van der Waals surface area (Å²) in [5, 5.41) is 17.0. The number of hydrogen-bond donors (Lipinski definition) is 2. The van der Waals surface area contributed by atoms with Crippen molar-refractivity contribution in [2.75, 3.05) is 0 Å². The lowest BCUT2D eigenvalue weighted by Gasteiger charge is -1.92. The molecule has 0 unspecified atom stereocenters. The molecule has 64 valence electrons. The van der Waals surface area contributed by atoms with E-state index >= 15 is 0 Å². The van der Waals surface area contributed by atoms with E-state index in [0.717, 1.165) is 6.07 Å². The van der Waals surface area contributed by atoms with Gasteiger partial charge in [-0.2, -0.15) is 0 Å². The fourth-order valence-electron chi connectivity index (χ4n) is 0.894. The Morgan fingerprint density at radius 3 is 2.17 bits per heavy atom. The van der Waals surface area contributed by atoms with Crippen molar-refractivity contribution < 1.29 is 19.8 Å². The van der Waals surface area contributed by atoms with E-state index < -0.39 is 11.9 Å². The molecule has 1 rings (SSSR count). The molecule has 12 heavy (non-hydrogen) atoms. The van der Waals surface area contributed by atoms with Gasteiger partial charge in [0.1, 0.15) is 5.69 Å². The molecule has 0 amide bonds. The summed E-state index contributed by atoms with van der Waals surface area (Å²) in [6.45, 7) is 0. The van der Waals surface area contributed by atoms with Crippen molar-refractivity contribution in [3.8, 4) is 0 Å². The van der Waals surface area contributed by atoms with Crippen LogP contribution >= 0.6 is 0 Å². The summed E-state index contributed by atoms with van der Waals surface area (Å²) >= 11 is 0. The highest BCUT2D eigenvalue weighted by molar-refractivity contribution is 5.93. The summed E-state index contributed by atoms with van der Waals surface area (Å²) in [4.78, 5) is 20.8. The first-order valence-electron chi connectivity index (χ1n) is 3.15. The van der Waals surface area contributed by atoms with E-state index in [2.05, 4.69) is 0 Å². The molecule has 0 radical (unpaired) electrons. The van der Waals surface area contributed by atoms with E-state index in [1.54, 1.807) is 0 Å². The van der Waals surface area contributed by atoms with Gasteiger partial charge in [0.05, 0.1) is 5.56 Å². The second-order valence-corrected chi connectivity index (χ2v) is 2.34. The smallest absolute Gasteiger partial charge is 0.352 e. The van der Waals surface area contributed by atoms with Gasteiger partial charge in [0.25, 0.3) is 0 Å². The van der Waals surface area contributed by atoms with E-state index in [-0.39, 0.29) is 11.3 Å². The Kier molecular flexibility index (Phi) is 1.86. The monoisotopic (exact) mass is 169 g/mol. The second-order valence-electron chi connectivity index (χ2n) is 2.34. The maximum absolute atomic E-state index is 10.4. The molecule has 0 aliphatic heterocycles. The van der Waals surface area contributed by atoms with Crippen LogP contribution in [-0.2, 0) is 7.05 Å². The molecular formula is C7H7NO4. The highest BCUT2D eigenvalue weighted by Gasteiger charge is 2.13. The normalized spacial score (nSPS) is 9.75. The first-order chi connectivity index (χ1) is 5.52. The number of carboxylic acid groups (broad SMARTS) is 2. The number of carboxylic acids is 2. The molecule has 5 heteroatoms. The van der Waals surface area contributed by atoms with Crippen molar-refractivity contribution in [3.05, 3.63) is 23.5 Å². The van der Waals surface area contributed by atoms with Crippen LogP contribution in [0.15, 0.2) is 12.3 Å². The van der Waals surface area contributed by atoms with Crippen molar-refractivity contribution in [1.82, 2.24) is 4.57 Å². The van der Waals surface area contributed by atoms with Crippen LogP contribution in [0.3, 0.4) is 0 Å². The van der Waals surface area contributed by atoms with Gasteiger partial charge < -0.3 is 14.8 Å². The van der Waals surface area contributed by atoms with Gasteiger partial charge >= 0.3 is 11.9 Å². The summed E-state index contributed by atoms with van der Waals surface area (Å²) in [6, 6.07) is 1.12. The van der Waals surface area contributed by atoms with Crippen LogP contribution in [-0.4, -0.2) is 26.7 Å². The minimum Gasteiger partial charge on any atom is -0.478 e. The van der Waals surface area contributed by atoms with E-state index in [1.807, 2.05) is 0 Å². The molecule has 0 bridgehead atoms. The third-order valence-electron chi connectivity index (χ3n) is 1.47. The molecule has 2 N–H and O–H groups in total. The quantitative estimate of drug-likeness (QED) is 0.672. The number of rotatable bonds is 2. The highest BCUT2D eigenvalue weighted by Crippen LogP contribution is 2.06. The fourth-order valence-corrected chi connectivity index (χ4v) is 0.894. The van der Waals surface area contributed by atoms with Gasteiger partial charge in [0.15, 0.2) is 0 Å². The fraction of sp³-hybridized carbons (Fsp3) is 0.143. The van der Waals surface area contributed by atoms with Gasteiger partial charge in [-0.15, -0.1) is 0 Å². The van der Waals surface area contributed by atoms with Gasteiger partial charge in [0.2, 0.25) is 0 Å². The van der Waals surface area contributed by atoms with Crippen molar-refractivity contribution in [3.63, 3.8) is 0 Å². The van der Waals surface area contributed by atoms with Crippen LogP contribution in [0.5, 0.6) is 0 Å². The standard InChI is InChI=1S/C7H7NO4/c1-8-3-4(6(9)10)2-5(8)7(11)12/h2-3H,1H3,(H,9,10)(H,11,12). The van der Waals surface area contributed by atoms with Crippen LogP contribution < -0.4 is 0 Å².